The number of aromatic hydroxyl groups is 1. The van der Waals surface area contributed by atoms with Crippen molar-refractivity contribution in [1.82, 2.24) is 67.7 Å². The second kappa shape index (κ2) is 39.0. The van der Waals surface area contributed by atoms with Crippen molar-refractivity contribution >= 4 is 93.8 Å². The molecule has 24 N–H and O–H groups in total. The number of aliphatic hydroxyl groups excluding tert-OH is 2. The highest BCUT2D eigenvalue weighted by molar-refractivity contribution is 6.00. The molecule has 1 aliphatic rings. The highest BCUT2D eigenvalue weighted by Gasteiger charge is 2.41. The molecule has 0 radical (unpaired) electrons. The summed E-state index contributed by atoms with van der Waals surface area (Å²) >= 11 is 0. The minimum absolute atomic E-state index is 0.0104. The third kappa shape index (κ3) is 25.3. The summed E-state index contributed by atoms with van der Waals surface area (Å²) in [5, 5.41) is 73.4. The first-order valence-corrected chi connectivity index (χ1v) is 32.5. The van der Waals surface area contributed by atoms with Crippen molar-refractivity contribution in [2.45, 2.75) is 171 Å². The summed E-state index contributed by atoms with van der Waals surface area (Å²) in [6.45, 7) is 4.83. The fourth-order valence-electron chi connectivity index (χ4n) is 11.0. The van der Waals surface area contributed by atoms with Crippen molar-refractivity contribution in [2.24, 2.45) is 39.8 Å². The van der Waals surface area contributed by atoms with E-state index in [1.807, 2.05) is 13.8 Å². The van der Waals surface area contributed by atoms with Crippen molar-refractivity contribution in [1.29, 1.82) is 0 Å². The molecule has 1 saturated heterocycles. The molecular weight excluding hydrogens is 1310 g/mol. The van der Waals surface area contributed by atoms with Crippen LogP contribution in [0.2, 0.25) is 0 Å². The largest absolute Gasteiger partial charge is 0.508 e. The van der Waals surface area contributed by atoms with Gasteiger partial charge in [0.25, 0.3) is 0 Å². The Kier molecular flexibility index (Phi) is 31.2. The first-order valence-electron chi connectivity index (χ1n) is 32.5. The number of nitrogens with two attached hydrogens (primary N) is 4. The quantitative estimate of drug-likeness (QED) is 0.0113. The van der Waals surface area contributed by atoms with E-state index in [2.05, 4.69) is 67.8 Å². The van der Waals surface area contributed by atoms with Crippen LogP contribution < -0.4 is 70.8 Å². The number of carboxylic acid groups (broad SMARTS) is 2. The van der Waals surface area contributed by atoms with Gasteiger partial charge in [0.2, 0.25) is 65.0 Å². The molecule has 2 aromatic heterocycles. The number of imidazole rings is 1. The Labute approximate surface area is 574 Å². The number of amides is 11. The molecule has 0 unspecified atom stereocenters. The Morgan fingerprint density at radius 3 is 1.71 bits per heavy atom. The van der Waals surface area contributed by atoms with Gasteiger partial charge in [-0.1, -0.05) is 58.0 Å². The zero-order chi connectivity index (χ0) is 73.9. The van der Waals surface area contributed by atoms with E-state index in [4.69, 9.17) is 22.9 Å². The number of primary amides is 1. The second-order valence-electron chi connectivity index (χ2n) is 25.1. The maximum absolute atomic E-state index is 14.7. The Balaban J connectivity index is 1.37. The van der Waals surface area contributed by atoms with Gasteiger partial charge >= 0.3 is 11.9 Å². The lowest BCUT2D eigenvalue weighted by molar-refractivity contribution is -0.143. The van der Waals surface area contributed by atoms with Crippen LogP contribution in [0.4, 0.5) is 0 Å². The standard InChI is InChI=1S/C64H92N18O18/c1-32(2)21-39(65)53(89)75-43(23-34-13-15-37(85)16-14-34)56(92)73-41(11-7-19-70-64(67)68)54(90)81-49(30-84)62(98)82-20-8-12-50(82)61(97)80-48(29-83)60(96)77-45(25-36-28-69-31-72-36)58(94)76-44(24-35-27-71-40-10-6-5-9-38(35)40)57(93)74-42(17-18-52(87)88)55(91)78-46(26-51(66)86)59(95)79-47(63(99)100)22-33(3)4/h5-6,9-10,13-16,27-28,31-33,39,41-50,71,83-85H,7-8,11-12,17-26,29-30,65H2,1-4H3,(H2,66,86)(H,69,72)(H,73,92)(H,74,93)(H,75,89)(H,76,94)(H,77,96)(H,78,91)(H,79,95)(H,80,97)(H,81,90)(H,87,88)(H,99,100)(H4,67,68,70)/t39-,41-,42-,43-,44-,45-,46-,47-,48-,49-,50-/m0/s1. The van der Waals surface area contributed by atoms with E-state index >= 15 is 0 Å². The molecular formula is C64H92N18O18. The number of aliphatic hydroxyl groups is 2. The van der Waals surface area contributed by atoms with Crippen LogP contribution in [0, 0.1) is 11.8 Å². The smallest absolute Gasteiger partial charge is 0.326 e. The molecule has 0 spiro atoms. The number of para-hydroxylation sites is 1. The van der Waals surface area contributed by atoms with Crippen LogP contribution in [0.15, 0.2) is 72.2 Å². The number of hydrogen-bond acceptors (Lipinski definition) is 19. The van der Waals surface area contributed by atoms with E-state index in [0.717, 1.165) is 4.90 Å². The number of rotatable bonds is 41. The summed E-state index contributed by atoms with van der Waals surface area (Å²) in [7, 11) is 0. The highest BCUT2D eigenvalue weighted by Crippen LogP contribution is 2.22. The van der Waals surface area contributed by atoms with E-state index in [9.17, 15) is 87.9 Å². The number of likely N-dealkylation sites (tertiary alicyclic amines) is 1. The van der Waals surface area contributed by atoms with Gasteiger partial charge < -0.3 is 111 Å². The highest BCUT2D eigenvalue weighted by atomic mass is 16.4. The normalized spacial score (nSPS) is 15.8. The minimum atomic E-state index is -1.85. The molecule has 4 aromatic rings. The molecule has 11 atom stereocenters. The molecule has 36 heteroatoms. The van der Waals surface area contributed by atoms with Crippen molar-refractivity contribution in [3.05, 3.63) is 84.1 Å². The first-order chi connectivity index (χ1) is 47.4. The van der Waals surface area contributed by atoms with Gasteiger partial charge in [0.15, 0.2) is 5.96 Å². The maximum Gasteiger partial charge on any atom is 0.326 e. The number of aromatic amines is 2. The average Bonchev–Trinajstić information content (AvgIpc) is 1.64. The fraction of sp³-hybridized carbons (Fsp3) is 0.516. The molecule has 0 aliphatic carbocycles. The van der Waals surface area contributed by atoms with Crippen LogP contribution in [0.3, 0.4) is 0 Å². The van der Waals surface area contributed by atoms with E-state index in [-0.39, 0.29) is 100 Å². The molecule has 36 nitrogen and oxygen atoms in total. The number of benzene rings is 2. The summed E-state index contributed by atoms with van der Waals surface area (Å²) in [5.41, 5.74) is 24.4. The zero-order valence-corrected chi connectivity index (χ0v) is 55.9. The lowest BCUT2D eigenvalue weighted by atomic mass is 10.0. The topological polar surface area (TPSA) is 595 Å². The molecule has 5 rings (SSSR count). The number of carboxylic acids is 2. The van der Waals surface area contributed by atoms with Gasteiger partial charge in [-0.15, -0.1) is 0 Å². The van der Waals surface area contributed by atoms with Crippen molar-refractivity contribution in [2.75, 3.05) is 26.3 Å². The first kappa shape index (κ1) is 79.9. The number of aromatic nitrogens is 3. The maximum atomic E-state index is 14.7. The number of guanidine groups is 1. The molecule has 2 aromatic carbocycles. The number of aliphatic carboxylic acids is 2. The van der Waals surface area contributed by atoms with Gasteiger partial charge in [0.05, 0.1) is 32.0 Å². The molecule has 0 saturated carbocycles. The third-order valence-corrected chi connectivity index (χ3v) is 16.1. The van der Waals surface area contributed by atoms with E-state index < -0.39 is 176 Å². The van der Waals surface area contributed by atoms with Crippen LogP contribution >= 0.6 is 0 Å². The molecule has 11 amide bonds. The summed E-state index contributed by atoms with van der Waals surface area (Å²) in [6, 6.07) is -4.64. The van der Waals surface area contributed by atoms with Crippen LogP contribution in [-0.2, 0) is 81.6 Å². The number of phenols is 1. The van der Waals surface area contributed by atoms with Gasteiger partial charge in [-0.25, -0.2) is 9.78 Å². The Morgan fingerprint density at radius 2 is 1.14 bits per heavy atom. The fourth-order valence-corrected chi connectivity index (χ4v) is 11.0. The SMILES string of the molecule is CC(C)C[C@H](NC(=O)[C@H](CC(N)=O)NC(=O)[C@H](CCC(=O)O)NC(=O)[C@H](Cc1c[nH]c2ccccc12)NC(=O)[C@H](Cc1cnc[nH]1)NC(=O)[C@H](CO)NC(=O)[C@@H]1CCCN1C(=O)[C@H](CO)NC(=O)[C@H](CCCN=C(N)N)NC(=O)[C@H](Cc1ccc(O)cc1)NC(=O)[C@@H](N)CC(C)C)C(=O)O. The van der Waals surface area contributed by atoms with Crippen LogP contribution in [0.5, 0.6) is 5.75 Å². The minimum Gasteiger partial charge on any atom is -0.508 e. The molecule has 0 bridgehead atoms. The number of nitrogens with zero attached hydrogens (tertiary/aromatic N) is 3. The van der Waals surface area contributed by atoms with E-state index in [1.165, 1.54) is 43.0 Å². The van der Waals surface area contributed by atoms with Gasteiger partial charge in [-0.2, -0.15) is 0 Å². The van der Waals surface area contributed by atoms with Crippen molar-refractivity contribution < 1.29 is 87.9 Å². The van der Waals surface area contributed by atoms with Crippen LogP contribution in [0.1, 0.15) is 102 Å². The number of fused-ring (bicyclic) bond motifs is 1. The summed E-state index contributed by atoms with van der Waals surface area (Å²) < 4.78 is 0. The molecule has 1 aliphatic heterocycles. The lowest BCUT2D eigenvalue weighted by Crippen LogP contribution is -2.61. The Bertz CT molecular complexity index is 3530. The number of carbonyl (C=O) groups excluding carboxylic acids is 11. The molecule has 546 valence electrons. The average molecular weight is 1400 g/mol. The summed E-state index contributed by atoms with van der Waals surface area (Å²) in [6.07, 6.45) is 1.31. The molecule has 3 heterocycles. The van der Waals surface area contributed by atoms with Crippen molar-refractivity contribution in [3.8, 4) is 5.75 Å². The summed E-state index contributed by atoms with van der Waals surface area (Å²) in [4.78, 5) is 193. The second-order valence-corrected chi connectivity index (χ2v) is 25.1. The number of carbonyl (C=O) groups is 13. The van der Waals surface area contributed by atoms with Gasteiger partial charge in [-0.3, -0.25) is 62.5 Å². The van der Waals surface area contributed by atoms with Gasteiger partial charge in [0.1, 0.15) is 66.2 Å². The number of hydrogen-bond donors (Lipinski definition) is 20. The lowest BCUT2D eigenvalue weighted by Gasteiger charge is -2.30. The predicted molar refractivity (Wildman–Crippen MR) is 358 cm³/mol. The number of nitrogens with one attached hydrogen (secondary N) is 11. The monoisotopic (exact) mass is 1400 g/mol. The Hall–Kier alpha value is -10.8. The van der Waals surface area contributed by atoms with Gasteiger partial charge in [-0.05, 0) is 86.1 Å². The van der Waals surface area contributed by atoms with Gasteiger partial charge in [0, 0.05) is 67.8 Å². The Morgan fingerprint density at radius 1 is 0.610 bits per heavy atom. The van der Waals surface area contributed by atoms with Crippen LogP contribution in [-0.4, -0.2) is 221 Å². The number of aliphatic imine (C=N–C) groups is 1. The summed E-state index contributed by atoms with van der Waals surface area (Å²) in [5.74, 6) is -14.7. The third-order valence-electron chi connectivity index (χ3n) is 16.1. The van der Waals surface area contributed by atoms with E-state index in [1.54, 1.807) is 38.1 Å². The van der Waals surface area contributed by atoms with E-state index in [0.29, 0.717) is 22.0 Å². The predicted octanol–water partition coefficient (Wildman–Crippen LogP) is -4.74. The number of phenolic OH excluding ortho intramolecular Hbond substituents is 1. The molecule has 1 fully saturated rings. The van der Waals surface area contributed by atoms with Crippen molar-refractivity contribution in [3.63, 3.8) is 0 Å². The zero-order valence-electron chi connectivity index (χ0n) is 55.9. The number of H-pyrrole nitrogens is 2. The molecule has 100 heavy (non-hydrogen) atoms. The van der Waals surface area contributed by atoms with Crippen LogP contribution in [0.25, 0.3) is 10.9 Å².